The fourth-order valence-electron chi connectivity index (χ4n) is 3.59. The molecule has 2 aliphatic heterocycles. The standard InChI is InChI=1S/C19H29N7O2/c1-2-17(28-11-1)5-6-20-19(21-7-8-25-9-12-27-13-10-25)24-16-3-4-18-22-15-23-26(18)14-16/h1-2,11,15-16H,3-10,12-14H2,(H2,20,21,24). The molecule has 9 heteroatoms. The highest BCUT2D eigenvalue weighted by molar-refractivity contribution is 5.80. The minimum Gasteiger partial charge on any atom is -0.469 e. The minimum atomic E-state index is 0.299. The Labute approximate surface area is 165 Å². The van der Waals surface area contributed by atoms with Crippen molar-refractivity contribution >= 4 is 5.96 Å². The first-order valence-electron chi connectivity index (χ1n) is 10.1. The molecule has 1 unspecified atom stereocenters. The second-order valence-corrected chi connectivity index (χ2v) is 7.18. The van der Waals surface area contributed by atoms with Crippen LogP contribution >= 0.6 is 0 Å². The first-order valence-corrected chi connectivity index (χ1v) is 10.1. The number of rotatable bonds is 7. The van der Waals surface area contributed by atoms with Gasteiger partial charge in [0.1, 0.15) is 17.9 Å². The molecule has 152 valence electrons. The van der Waals surface area contributed by atoms with E-state index in [0.717, 1.165) is 89.3 Å². The van der Waals surface area contributed by atoms with Crippen LogP contribution in [0.25, 0.3) is 0 Å². The van der Waals surface area contributed by atoms with Gasteiger partial charge < -0.3 is 19.8 Å². The molecule has 0 spiro atoms. The van der Waals surface area contributed by atoms with E-state index in [2.05, 4.69) is 25.6 Å². The summed E-state index contributed by atoms with van der Waals surface area (Å²) in [5, 5.41) is 11.3. The Kier molecular flexibility index (Phi) is 6.56. The average molecular weight is 387 g/mol. The number of fused-ring (bicyclic) bond motifs is 1. The van der Waals surface area contributed by atoms with E-state index in [-0.39, 0.29) is 0 Å². The SMILES string of the molecule is c1coc(CCNC(=NCCN2CCOCC2)NC2CCc3ncnn3C2)c1. The molecule has 1 atom stereocenters. The number of aryl methyl sites for hydroxylation is 1. The topological polar surface area (TPSA) is 92.7 Å². The molecule has 1 saturated heterocycles. The van der Waals surface area contributed by atoms with Crippen molar-refractivity contribution in [2.75, 3.05) is 45.9 Å². The van der Waals surface area contributed by atoms with E-state index in [9.17, 15) is 0 Å². The molecule has 2 aromatic heterocycles. The number of morpholine rings is 1. The van der Waals surface area contributed by atoms with E-state index in [0.29, 0.717) is 6.04 Å². The van der Waals surface area contributed by atoms with Gasteiger partial charge in [-0.15, -0.1) is 0 Å². The van der Waals surface area contributed by atoms with Gasteiger partial charge in [-0.1, -0.05) is 0 Å². The average Bonchev–Trinajstić information content (AvgIpc) is 3.40. The van der Waals surface area contributed by atoms with Crippen LogP contribution in [0, 0.1) is 0 Å². The number of guanidine groups is 1. The van der Waals surface area contributed by atoms with Gasteiger partial charge >= 0.3 is 0 Å². The first kappa shape index (κ1) is 18.9. The molecule has 0 radical (unpaired) electrons. The Bertz CT molecular complexity index is 737. The van der Waals surface area contributed by atoms with Crippen molar-refractivity contribution in [3.63, 3.8) is 0 Å². The van der Waals surface area contributed by atoms with Gasteiger partial charge in [0, 0.05) is 45.1 Å². The van der Waals surface area contributed by atoms with Gasteiger partial charge in [-0.2, -0.15) is 5.10 Å². The summed E-state index contributed by atoms with van der Waals surface area (Å²) in [5.74, 6) is 2.90. The zero-order valence-corrected chi connectivity index (χ0v) is 16.2. The Morgan fingerprint density at radius 2 is 2.25 bits per heavy atom. The van der Waals surface area contributed by atoms with Crippen LogP contribution in [0.15, 0.2) is 34.1 Å². The molecule has 0 aliphatic carbocycles. The Hall–Kier alpha value is -2.39. The molecular formula is C19H29N7O2. The Balaban J connectivity index is 1.30. The van der Waals surface area contributed by atoms with Crippen molar-refractivity contribution < 1.29 is 9.15 Å². The van der Waals surface area contributed by atoms with Gasteiger partial charge in [-0.05, 0) is 18.6 Å². The molecular weight excluding hydrogens is 358 g/mol. The molecule has 9 nitrogen and oxygen atoms in total. The third-order valence-corrected chi connectivity index (χ3v) is 5.18. The largest absolute Gasteiger partial charge is 0.469 e. The van der Waals surface area contributed by atoms with Crippen LogP contribution in [0.1, 0.15) is 18.0 Å². The molecule has 28 heavy (non-hydrogen) atoms. The van der Waals surface area contributed by atoms with E-state index in [4.69, 9.17) is 14.1 Å². The monoisotopic (exact) mass is 387 g/mol. The number of hydrogen-bond donors (Lipinski definition) is 2. The van der Waals surface area contributed by atoms with E-state index in [1.54, 1.807) is 12.6 Å². The van der Waals surface area contributed by atoms with Gasteiger partial charge in [-0.25, -0.2) is 9.67 Å². The number of ether oxygens (including phenoxy) is 1. The van der Waals surface area contributed by atoms with E-state index in [1.165, 1.54) is 0 Å². The minimum absolute atomic E-state index is 0.299. The van der Waals surface area contributed by atoms with E-state index in [1.807, 2.05) is 16.8 Å². The maximum Gasteiger partial charge on any atom is 0.191 e. The maximum absolute atomic E-state index is 5.42. The summed E-state index contributed by atoms with van der Waals surface area (Å²) in [5.41, 5.74) is 0. The molecule has 0 amide bonds. The molecule has 2 aliphatic rings. The van der Waals surface area contributed by atoms with E-state index < -0.39 is 0 Å². The van der Waals surface area contributed by atoms with Gasteiger partial charge in [0.25, 0.3) is 0 Å². The Morgan fingerprint density at radius 3 is 3.11 bits per heavy atom. The summed E-state index contributed by atoms with van der Waals surface area (Å²) in [6.07, 6.45) is 6.14. The van der Waals surface area contributed by atoms with Crippen LogP contribution in [0.2, 0.25) is 0 Å². The summed E-state index contributed by atoms with van der Waals surface area (Å²) >= 11 is 0. The van der Waals surface area contributed by atoms with Crippen molar-refractivity contribution in [3.05, 3.63) is 36.3 Å². The van der Waals surface area contributed by atoms with Crippen molar-refractivity contribution in [1.82, 2.24) is 30.3 Å². The number of furan rings is 1. The lowest BCUT2D eigenvalue weighted by molar-refractivity contribution is 0.0394. The summed E-state index contributed by atoms with van der Waals surface area (Å²) < 4.78 is 12.8. The molecule has 4 heterocycles. The van der Waals surface area contributed by atoms with Gasteiger partial charge in [0.05, 0.1) is 32.6 Å². The van der Waals surface area contributed by atoms with Crippen LogP contribution in [0.4, 0.5) is 0 Å². The van der Waals surface area contributed by atoms with Crippen LogP contribution < -0.4 is 10.6 Å². The van der Waals surface area contributed by atoms with E-state index >= 15 is 0 Å². The highest BCUT2D eigenvalue weighted by Gasteiger charge is 2.20. The molecule has 0 aromatic carbocycles. The smallest absolute Gasteiger partial charge is 0.191 e. The quantitative estimate of drug-likeness (QED) is 0.521. The van der Waals surface area contributed by atoms with Crippen LogP contribution in [0.3, 0.4) is 0 Å². The predicted molar refractivity (Wildman–Crippen MR) is 105 cm³/mol. The lowest BCUT2D eigenvalue weighted by atomic mass is 10.1. The fraction of sp³-hybridized carbons (Fsp3) is 0.632. The molecule has 2 aromatic rings. The normalized spacial score (nSPS) is 20.7. The highest BCUT2D eigenvalue weighted by Crippen LogP contribution is 2.11. The second kappa shape index (κ2) is 9.70. The zero-order chi connectivity index (χ0) is 19.0. The van der Waals surface area contributed by atoms with Gasteiger partial charge in [0.15, 0.2) is 5.96 Å². The van der Waals surface area contributed by atoms with Crippen LogP contribution in [0.5, 0.6) is 0 Å². The number of nitrogens with zero attached hydrogens (tertiary/aromatic N) is 5. The molecule has 2 N–H and O–H groups in total. The molecule has 1 fully saturated rings. The number of nitrogens with one attached hydrogen (secondary N) is 2. The van der Waals surface area contributed by atoms with Crippen LogP contribution in [-0.4, -0.2) is 77.6 Å². The number of aliphatic imine (C=N–C) groups is 1. The highest BCUT2D eigenvalue weighted by atomic mass is 16.5. The Morgan fingerprint density at radius 1 is 1.32 bits per heavy atom. The first-order chi connectivity index (χ1) is 13.9. The lowest BCUT2D eigenvalue weighted by Gasteiger charge is -2.27. The summed E-state index contributed by atoms with van der Waals surface area (Å²) in [4.78, 5) is 11.5. The number of hydrogen-bond acceptors (Lipinski definition) is 6. The third kappa shape index (κ3) is 5.32. The van der Waals surface area contributed by atoms with Gasteiger partial charge in [0.2, 0.25) is 0 Å². The number of aromatic nitrogens is 3. The lowest BCUT2D eigenvalue weighted by Crippen LogP contribution is -2.48. The summed E-state index contributed by atoms with van der Waals surface area (Å²) in [6, 6.07) is 4.22. The molecule has 0 bridgehead atoms. The van der Waals surface area contributed by atoms with Gasteiger partial charge in [-0.3, -0.25) is 9.89 Å². The van der Waals surface area contributed by atoms with Crippen LogP contribution in [-0.2, 0) is 24.1 Å². The van der Waals surface area contributed by atoms with Crippen molar-refractivity contribution in [3.8, 4) is 0 Å². The maximum atomic E-state index is 5.42. The van der Waals surface area contributed by atoms with Crippen molar-refractivity contribution in [2.24, 2.45) is 4.99 Å². The third-order valence-electron chi connectivity index (χ3n) is 5.18. The molecule has 0 saturated carbocycles. The van der Waals surface area contributed by atoms with Crippen molar-refractivity contribution in [2.45, 2.75) is 31.8 Å². The fourth-order valence-corrected chi connectivity index (χ4v) is 3.59. The zero-order valence-electron chi connectivity index (χ0n) is 16.2. The molecule has 4 rings (SSSR count). The second-order valence-electron chi connectivity index (χ2n) is 7.18. The summed E-state index contributed by atoms with van der Waals surface area (Å²) in [6.45, 7) is 6.92. The van der Waals surface area contributed by atoms with Crippen molar-refractivity contribution in [1.29, 1.82) is 0 Å². The summed E-state index contributed by atoms with van der Waals surface area (Å²) in [7, 11) is 0. The predicted octanol–water partition coefficient (Wildman–Crippen LogP) is 0.296.